The summed E-state index contributed by atoms with van der Waals surface area (Å²) < 4.78 is 0.867. The second-order valence-corrected chi connectivity index (χ2v) is 6.35. The summed E-state index contributed by atoms with van der Waals surface area (Å²) in [6, 6.07) is 2.25. The molecule has 0 spiro atoms. The number of thiophene rings is 1. The smallest absolute Gasteiger partial charge is 0.262 e. The molecule has 0 bridgehead atoms. The molecule has 0 aliphatic heterocycles. The predicted molar refractivity (Wildman–Crippen MR) is 76.7 cm³/mol. The summed E-state index contributed by atoms with van der Waals surface area (Å²) in [4.78, 5) is 14.8. The average Bonchev–Trinajstić information content (AvgIpc) is 2.63. The zero-order chi connectivity index (χ0) is 13.0. The van der Waals surface area contributed by atoms with Crippen LogP contribution >= 0.6 is 27.3 Å². The molecule has 0 radical (unpaired) electrons. The summed E-state index contributed by atoms with van der Waals surface area (Å²) in [6.45, 7) is 5.00. The van der Waals surface area contributed by atoms with Gasteiger partial charge in [0, 0.05) is 17.1 Å². The topological polar surface area (TPSA) is 32.3 Å². The van der Waals surface area contributed by atoms with Crippen LogP contribution in [-0.2, 0) is 0 Å². The first-order chi connectivity index (χ1) is 7.93. The zero-order valence-corrected chi connectivity index (χ0v) is 13.1. The molecule has 1 amide bonds. The van der Waals surface area contributed by atoms with E-state index in [0.29, 0.717) is 18.5 Å². The monoisotopic (exact) mass is 318 g/mol. The SMILES string of the molecule is CC(C)C(CNC(=O)c1sccc1Br)N(C)C. The number of hydrogen-bond donors (Lipinski definition) is 1. The number of hydrogen-bond acceptors (Lipinski definition) is 3. The van der Waals surface area contributed by atoms with Crippen LogP contribution in [0.15, 0.2) is 15.9 Å². The Morgan fingerprint density at radius 3 is 2.59 bits per heavy atom. The fraction of sp³-hybridized carbons (Fsp3) is 0.583. The molecule has 0 aliphatic carbocycles. The lowest BCUT2D eigenvalue weighted by atomic mass is 10.0. The average molecular weight is 319 g/mol. The van der Waals surface area contributed by atoms with Crippen molar-refractivity contribution >= 4 is 33.2 Å². The van der Waals surface area contributed by atoms with E-state index in [1.807, 2.05) is 25.5 Å². The van der Waals surface area contributed by atoms with E-state index in [1.165, 1.54) is 11.3 Å². The summed E-state index contributed by atoms with van der Waals surface area (Å²) in [6.07, 6.45) is 0. The molecule has 1 heterocycles. The Bertz CT molecular complexity index is 368. The van der Waals surface area contributed by atoms with Gasteiger partial charge in [0.15, 0.2) is 0 Å². The Hall–Kier alpha value is -0.390. The van der Waals surface area contributed by atoms with Crippen molar-refractivity contribution in [1.29, 1.82) is 0 Å². The summed E-state index contributed by atoms with van der Waals surface area (Å²) in [7, 11) is 4.08. The number of halogens is 1. The van der Waals surface area contributed by atoms with Crippen molar-refractivity contribution in [3.8, 4) is 0 Å². The van der Waals surface area contributed by atoms with Crippen LogP contribution in [0.1, 0.15) is 23.5 Å². The van der Waals surface area contributed by atoms with E-state index in [0.717, 1.165) is 9.35 Å². The van der Waals surface area contributed by atoms with Gasteiger partial charge >= 0.3 is 0 Å². The first-order valence-electron chi connectivity index (χ1n) is 5.61. The zero-order valence-electron chi connectivity index (χ0n) is 10.7. The maximum absolute atomic E-state index is 11.9. The first-order valence-corrected chi connectivity index (χ1v) is 7.28. The van der Waals surface area contributed by atoms with Crippen LogP contribution in [0.3, 0.4) is 0 Å². The third kappa shape index (κ3) is 4.08. The van der Waals surface area contributed by atoms with Crippen LogP contribution in [0, 0.1) is 5.92 Å². The normalized spacial score (nSPS) is 13.1. The van der Waals surface area contributed by atoms with Gasteiger partial charge in [-0.15, -0.1) is 11.3 Å². The molecule has 1 aromatic heterocycles. The van der Waals surface area contributed by atoms with Gasteiger partial charge in [-0.25, -0.2) is 0 Å². The minimum Gasteiger partial charge on any atom is -0.350 e. The highest BCUT2D eigenvalue weighted by molar-refractivity contribution is 9.10. The van der Waals surface area contributed by atoms with E-state index in [-0.39, 0.29) is 5.91 Å². The molecule has 96 valence electrons. The largest absolute Gasteiger partial charge is 0.350 e. The molecule has 0 saturated carbocycles. The highest BCUT2D eigenvalue weighted by Gasteiger charge is 2.18. The lowest BCUT2D eigenvalue weighted by molar-refractivity contribution is 0.0938. The standard InChI is InChI=1S/C12H19BrN2OS/c1-8(2)10(15(3)4)7-14-12(16)11-9(13)5-6-17-11/h5-6,8,10H,7H2,1-4H3,(H,14,16). The molecule has 1 aromatic rings. The predicted octanol–water partition coefficient (Wildman–Crippen LogP) is 2.83. The number of carbonyl (C=O) groups is 1. The number of nitrogens with one attached hydrogen (secondary N) is 1. The lowest BCUT2D eigenvalue weighted by Crippen LogP contribution is -2.43. The Balaban J connectivity index is 2.56. The number of nitrogens with zero attached hydrogens (tertiary/aromatic N) is 1. The third-order valence-corrected chi connectivity index (χ3v) is 4.56. The third-order valence-electron chi connectivity index (χ3n) is 2.73. The van der Waals surface area contributed by atoms with E-state index >= 15 is 0 Å². The van der Waals surface area contributed by atoms with Gasteiger partial charge in [0.25, 0.3) is 5.91 Å². The van der Waals surface area contributed by atoms with Crippen molar-refractivity contribution in [2.24, 2.45) is 5.92 Å². The lowest BCUT2D eigenvalue weighted by Gasteiger charge is -2.28. The minimum atomic E-state index is -0.000579. The molecule has 1 unspecified atom stereocenters. The molecular formula is C12H19BrN2OS. The molecular weight excluding hydrogens is 300 g/mol. The number of amides is 1. The highest BCUT2D eigenvalue weighted by atomic mass is 79.9. The molecule has 17 heavy (non-hydrogen) atoms. The van der Waals surface area contributed by atoms with E-state index < -0.39 is 0 Å². The second kappa shape index (κ2) is 6.52. The fourth-order valence-electron chi connectivity index (χ4n) is 1.75. The van der Waals surface area contributed by atoms with Crippen molar-refractivity contribution in [1.82, 2.24) is 10.2 Å². The molecule has 0 aromatic carbocycles. The van der Waals surface area contributed by atoms with Crippen molar-refractivity contribution < 1.29 is 4.79 Å². The molecule has 0 fully saturated rings. The summed E-state index contributed by atoms with van der Waals surface area (Å²) in [5.41, 5.74) is 0. The Labute approximate surface area is 115 Å². The molecule has 1 N–H and O–H groups in total. The number of likely N-dealkylation sites (N-methyl/N-ethyl adjacent to an activating group) is 1. The maximum Gasteiger partial charge on any atom is 0.262 e. The van der Waals surface area contributed by atoms with Crippen molar-refractivity contribution in [3.63, 3.8) is 0 Å². The maximum atomic E-state index is 11.9. The quantitative estimate of drug-likeness (QED) is 0.905. The van der Waals surface area contributed by atoms with E-state index in [9.17, 15) is 4.79 Å². The van der Waals surface area contributed by atoms with E-state index in [1.54, 1.807) is 0 Å². The van der Waals surface area contributed by atoms with Crippen LogP contribution in [0.25, 0.3) is 0 Å². The van der Waals surface area contributed by atoms with Gasteiger partial charge in [0.2, 0.25) is 0 Å². The van der Waals surface area contributed by atoms with E-state index in [2.05, 4.69) is 40.0 Å². The van der Waals surface area contributed by atoms with Crippen LogP contribution in [0.4, 0.5) is 0 Å². The fourth-order valence-corrected chi connectivity index (χ4v) is 3.22. The molecule has 1 atom stereocenters. The van der Waals surface area contributed by atoms with Gasteiger partial charge in [-0.3, -0.25) is 4.79 Å². The molecule has 0 aliphatic rings. The van der Waals surface area contributed by atoms with Crippen LogP contribution in [0.2, 0.25) is 0 Å². The van der Waals surface area contributed by atoms with Crippen LogP contribution in [0.5, 0.6) is 0 Å². The Morgan fingerprint density at radius 1 is 1.53 bits per heavy atom. The van der Waals surface area contributed by atoms with Crippen molar-refractivity contribution in [3.05, 3.63) is 20.8 Å². The number of rotatable bonds is 5. The van der Waals surface area contributed by atoms with Gasteiger partial charge in [-0.1, -0.05) is 13.8 Å². The van der Waals surface area contributed by atoms with Crippen molar-refractivity contribution in [2.45, 2.75) is 19.9 Å². The van der Waals surface area contributed by atoms with Crippen LogP contribution < -0.4 is 5.32 Å². The summed E-state index contributed by atoms with van der Waals surface area (Å²) >= 11 is 4.82. The van der Waals surface area contributed by atoms with Crippen LogP contribution in [-0.4, -0.2) is 37.5 Å². The Morgan fingerprint density at radius 2 is 2.18 bits per heavy atom. The molecule has 0 saturated heterocycles. The van der Waals surface area contributed by atoms with Crippen molar-refractivity contribution in [2.75, 3.05) is 20.6 Å². The van der Waals surface area contributed by atoms with E-state index in [4.69, 9.17) is 0 Å². The highest BCUT2D eigenvalue weighted by Crippen LogP contribution is 2.22. The minimum absolute atomic E-state index is 0.000579. The molecule has 3 nitrogen and oxygen atoms in total. The summed E-state index contributed by atoms with van der Waals surface area (Å²) in [5, 5.41) is 4.90. The Kier molecular flexibility index (Phi) is 5.62. The van der Waals surface area contributed by atoms with Gasteiger partial charge in [0.05, 0.1) is 0 Å². The second-order valence-electron chi connectivity index (χ2n) is 4.58. The van der Waals surface area contributed by atoms with Gasteiger partial charge in [-0.2, -0.15) is 0 Å². The number of carbonyl (C=O) groups excluding carboxylic acids is 1. The van der Waals surface area contributed by atoms with Gasteiger partial charge in [-0.05, 0) is 47.4 Å². The molecule has 1 rings (SSSR count). The first kappa shape index (κ1) is 14.7. The van der Waals surface area contributed by atoms with Gasteiger partial charge in [0.1, 0.15) is 4.88 Å². The summed E-state index contributed by atoms with van der Waals surface area (Å²) in [5.74, 6) is 0.511. The van der Waals surface area contributed by atoms with Gasteiger partial charge < -0.3 is 10.2 Å². The molecule has 5 heteroatoms.